The molecule has 1 N–H and O–H groups in total. The van der Waals surface area contributed by atoms with Crippen molar-refractivity contribution in [2.45, 2.75) is 45.1 Å². The van der Waals surface area contributed by atoms with Crippen molar-refractivity contribution in [2.24, 2.45) is 7.05 Å². The third-order valence-electron chi connectivity index (χ3n) is 5.91. The number of nitrogens with one attached hydrogen (secondary N) is 1. The van der Waals surface area contributed by atoms with Crippen LogP contribution in [-0.2, 0) is 20.0 Å². The van der Waals surface area contributed by atoms with Crippen molar-refractivity contribution in [2.75, 3.05) is 6.54 Å². The molecular weight excluding hydrogens is 374 g/mol. The highest BCUT2D eigenvalue weighted by atomic mass is 16.4. The summed E-state index contributed by atoms with van der Waals surface area (Å²) < 4.78 is 7.18. The van der Waals surface area contributed by atoms with Crippen molar-refractivity contribution in [3.8, 4) is 0 Å². The minimum absolute atomic E-state index is 0.129. The van der Waals surface area contributed by atoms with Crippen molar-refractivity contribution >= 4 is 16.9 Å². The molecule has 4 heterocycles. The van der Waals surface area contributed by atoms with Crippen LogP contribution in [0, 0.1) is 6.92 Å². The fourth-order valence-electron chi connectivity index (χ4n) is 4.02. The summed E-state index contributed by atoms with van der Waals surface area (Å²) >= 11 is 0. The van der Waals surface area contributed by atoms with E-state index >= 15 is 0 Å². The Bertz CT molecular complexity index is 1260. The molecule has 150 valence electrons. The molecule has 1 fully saturated rings. The van der Waals surface area contributed by atoms with E-state index in [4.69, 9.17) is 4.42 Å². The van der Waals surface area contributed by atoms with E-state index in [0.29, 0.717) is 31.1 Å². The zero-order valence-corrected chi connectivity index (χ0v) is 16.3. The van der Waals surface area contributed by atoms with Gasteiger partial charge in [-0.2, -0.15) is 0 Å². The molecule has 3 aromatic heterocycles. The Morgan fingerprint density at radius 1 is 1.28 bits per heavy atom. The zero-order chi connectivity index (χ0) is 20.3. The van der Waals surface area contributed by atoms with Gasteiger partial charge in [0, 0.05) is 31.6 Å². The molecule has 0 bridgehead atoms. The van der Waals surface area contributed by atoms with Gasteiger partial charge in [0.05, 0.1) is 17.5 Å². The van der Waals surface area contributed by atoms with Crippen molar-refractivity contribution in [1.29, 1.82) is 0 Å². The summed E-state index contributed by atoms with van der Waals surface area (Å²) in [7, 11) is 1.52. The minimum atomic E-state index is -0.606. The predicted octanol–water partition coefficient (Wildman–Crippen LogP) is 1.38. The first kappa shape index (κ1) is 17.8. The van der Waals surface area contributed by atoms with E-state index in [1.807, 2.05) is 0 Å². The fraction of sp³-hybridized carbons (Fsp3) is 0.450. The second-order valence-electron chi connectivity index (χ2n) is 7.85. The van der Waals surface area contributed by atoms with Crippen molar-refractivity contribution in [1.82, 2.24) is 24.4 Å². The monoisotopic (exact) mass is 395 g/mol. The number of carbonyl (C=O) groups is 1. The molecule has 0 saturated heterocycles. The lowest BCUT2D eigenvalue weighted by Gasteiger charge is -2.26. The van der Waals surface area contributed by atoms with Gasteiger partial charge in [-0.3, -0.25) is 19.1 Å². The number of amides is 1. The van der Waals surface area contributed by atoms with Crippen LogP contribution in [0.3, 0.4) is 0 Å². The minimum Gasteiger partial charge on any atom is -0.445 e. The number of oxazole rings is 1. The summed E-state index contributed by atoms with van der Waals surface area (Å²) in [5.41, 5.74) is 0.637. The topological polar surface area (TPSA) is 114 Å². The van der Waals surface area contributed by atoms with Gasteiger partial charge in [0.15, 0.2) is 5.89 Å². The molecule has 9 nitrogen and oxygen atoms in total. The van der Waals surface area contributed by atoms with Crippen LogP contribution >= 0.6 is 0 Å². The molecule has 1 saturated carbocycles. The van der Waals surface area contributed by atoms with Gasteiger partial charge in [0.1, 0.15) is 17.1 Å². The van der Waals surface area contributed by atoms with E-state index in [2.05, 4.69) is 15.0 Å². The van der Waals surface area contributed by atoms with Gasteiger partial charge >= 0.3 is 5.69 Å². The van der Waals surface area contributed by atoms with Gasteiger partial charge in [-0.25, -0.2) is 14.8 Å². The highest BCUT2D eigenvalue weighted by Gasteiger charge is 2.31. The number of nitrogens with zero attached hydrogens (tertiary/aromatic N) is 4. The Kier molecular flexibility index (Phi) is 3.94. The van der Waals surface area contributed by atoms with E-state index < -0.39 is 11.2 Å². The van der Waals surface area contributed by atoms with E-state index in [9.17, 15) is 14.4 Å². The van der Waals surface area contributed by atoms with Crippen molar-refractivity contribution in [3.63, 3.8) is 0 Å². The first-order valence-electron chi connectivity index (χ1n) is 9.81. The molecule has 0 spiro atoms. The van der Waals surface area contributed by atoms with E-state index in [1.165, 1.54) is 18.0 Å². The van der Waals surface area contributed by atoms with E-state index in [1.54, 1.807) is 17.9 Å². The highest BCUT2D eigenvalue weighted by Crippen LogP contribution is 2.37. The van der Waals surface area contributed by atoms with Gasteiger partial charge in [-0.1, -0.05) is 6.42 Å². The van der Waals surface area contributed by atoms with Crippen molar-refractivity contribution in [3.05, 3.63) is 55.5 Å². The van der Waals surface area contributed by atoms with E-state index in [0.717, 1.165) is 30.2 Å². The molecule has 5 rings (SSSR count). The lowest BCUT2D eigenvalue weighted by molar-refractivity contribution is 0.0729. The lowest BCUT2D eigenvalue weighted by atomic mass is 9.85. The average Bonchev–Trinajstić information content (AvgIpc) is 3.05. The first-order valence-corrected chi connectivity index (χ1v) is 9.81. The Labute approximate surface area is 165 Å². The number of pyridine rings is 1. The molecule has 0 unspecified atom stereocenters. The van der Waals surface area contributed by atoms with Gasteiger partial charge in [-0.05, 0) is 25.8 Å². The summed E-state index contributed by atoms with van der Waals surface area (Å²) in [4.78, 5) is 50.6. The second kappa shape index (κ2) is 6.40. The summed E-state index contributed by atoms with van der Waals surface area (Å²) in [6.45, 7) is 2.56. The van der Waals surface area contributed by atoms with Crippen LogP contribution < -0.4 is 11.2 Å². The summed E-state index contributed by atoms with van der Waals surface area (Å²) in [6.07, 6.45) is 4.00. The third kappa shape index (κ3) is 2.80. The summed E-state index contributed by atoms with van der Waals surface area (Å²) in [5, 5.41) is 0.129. The van der Waals surface area contributed by atoms with Crippen molar-refractivity contribution < 1.29 is 9.21 Å². The summed E-state index contributed by atoms with van der Waals surface area (Å²) in [6, 6.07) is 1.60. The van der Waals surface area contributed by atoms with Crippen LogP contribution in [0.4, 0.5) is 0 Å². The van der Waals surface area contributed by atoms with Gasteiger partial charge < -0.3 is 9.32 Å². The van der Waals surface area contributed by atoms with Gasteiger partial charge in [0.2, 0.25) is 0 Å². The van der Waals surface area contributed by atoms with E-state index in [-0.39, 0.29) is 22.5 Å². The molecule has 0 aromatic carbocycles. The van der Waals surface area contributed by atoms with Gasteiger partial charge in [-0.15, -0.1) is 0 Å². The molecule has 9 heteroatoms. The molecular formula is C20H21N5O4. The number of aryl methyl sites for hydroxylation is 2. The van der Waals surface area contributed by atoms with Crippen LogP contribution in [0.15, 0.2) is 20.1 Å². The number of carbonyl (C=O) groups excluding carboxylic acids is 1. The maximum absolute atomic E-state index is 13.3. The normalized spacial score (nSPS) is 16.7. The Balaban J connectivity index is 1.54. The first-order chi connectivity index (χ1) is 13.9. The quantitative estimate of drug-likeness (QED) is 0.701. The third-order valence-corrected chi connectivity index (χ3v) is 5.91. The number of fused-ring (bicyclic) bond motifs is 2. The molecule has 1 aliphatic heterocycles. The molecule has 2 aliphatic rings. The predicted molar refractivity (Wildman–Crippen MR) is 104 cm³/mol. The molecule has 1 amide bonds. The SMILES string of the molecule is Cc1cc(C(=O)N2CCc3oc(C4CCC4)nc3C2)c2c(=O)[nH]c(=O)n(C)c2n1. The van der Waals surface area contributed by atoms with Crippen LogP contribution in [0.2, 0.25) is 0 Å². The number of hydrogen-bond acceptors (Lipinski definition) is 6. The maximum atomic E-state index is 13.3. The molecule has 0 radical (unpaired) electrons. The maximum Gasteiger partial charge on any atom is 0.329 e. The number of aromatic nitrogens is 4. The van der Waals surface area contributed by atoms with Crippen LogP contribution in [0.25, 0.3) is 11.0 Å². The Morgan fingerprint density at radius 2 is 2.07 bits per heavy atom. The number of rotatable bonds is 2. The Morgan fingerprint density at radius 3 is 2.79 bits per heavy atom. The smallest absolute Gasteiger partial charge is 0.329 e. The molecule has 0 atom stereocenters. The Hall–Kier alpha value is -3.23. The average molecular weight is 395 g/mol. The number of hydrogen-bond donors (Lipinski definition) is 1. The number of H-pyrrole nitrogens is 1. The molecule has 29 heavy (non-hydrogen) atoms. The second-order valence-corrected chi connectivity index (χ2v) is 7.85. The van der Waals surface area contributed by atoms with Gasteiger partial charge in [0.25, 0.3) is 11.5 Å². The molecule has 1 aliphatic carbocycles. The summed E-state index contributed by atoms with van der Waals surface area (Å²) in [5.74, 6) is 1.76. The zero-order valence-electron chi connectivity index (χ0n) is 16.3. The lowest BCUT2D eigenvalue weighted by Crippen LogP contribution is -2.37. The number of aromatic amines is 1. The van der Waals surface area contributed by atoms with Crippen LogP contribution in [0.1, 0.15) is 58.6 Å². The molecule has 3 aromatic rings. The van der Waals surface area contributed by atoms with Crippen LogP contribution in [0.5, 0.6) is 0 Å². The van der Waals surface area contributed by atoms with Crippen LogP contribution in [-0.4, -0.2) is 36.9 Å². The fourth-order valence-corrected chi connectivity index (χ4v) is 4.02. The highest BCUT2D eigenvalue weighted by molar-refractivity contribution is 6.05. The standard InChI is InChI=1S/C20H21N5O4/c1-10-8-12(15-16(21-10)24(2)20(28)23-17(15)26)19(27)25-7-6-14-13(9-25)22-18(29-14)11-4-3-5-11/h8,11H,3-7,9H2,1-2H3,(H,23,26,28). The largest absolute Gasteiger partial charge is 0.445 e.